The van der Waals surface area contributed by atoms with E-state index in [1.807, 2.05) is 6.92 Å². The maximum absolute atomic E-state index is 10.6. The fraction of sp³-hybridized carbons (Fsp3) is 0.214. The van der Waals surface area contributed by atoms with Gasteiger partial charge in [0.1, 0.15) is 17.4 Å². The van der Waals surface area contributed by atoms with Gasteiger partial charge in [0.05, 0.1) is 5.75 Å². The molecule has 1 N–H and O–H groups in total. The summed E-state index contributed by atoms with van der Waals surface area (Å²) in [5.41, 5.74) is 0.766. The number of carboxylic acids is 1. The Kier molecular flexibility index (Phi) is 5.41. The van der Waals surface area contributed by atoms with Crippen LogP contribution >= 0.6 is 23.4 Å². The summed E-state index contributed by atoms with van der Waals surface area (Å²) in [6, 6.07) is 8.80. The highest BCUT2D eigenvalue weighted by Crippen LogP contribution is 2.19. The van der Waals surface area contributed by atoms with Gasteiger partial charge in [-0.1, -0.05) is 29.4 Å². The van der Waals surface area contributed by atoms with Gasteiger partial charge in [0.25, 0.3) is 0 Å². The van der Waals surface area contributed by atoms with Crippen LogP contribution in [0.1, 0.15) is 11.5 Å². The van der Waals surface area contributed by atoms with Crippen molar-refractivity contribution in [3.63, 3.8) is 0 Å². The summed E-state index contributed by atoms with van der Waals surface area (Å²) < 4.78 is 5.57. The topological polar surface area (TPSA) is 72.3 Å². The van der Waals surface area contributed by atoms with Crippen LogP contribution in [-0.2, 0) is 11.4 Å². The number of hydrogen-bond donors (Lipinski definition) is 1. The van der Waals surface area contributed by atoms with Crippen molar-refractivity contribution in [2.24, 2.45) is 0 Å². The van der Waals surface area contributed by atoms with E-state index in [2.05, 4.69) is 9.97 Å². The fourth-order valence-corrected chi connectivity index (χ4v) is 2.45. The Morgan fingerprint density at radius 2 is 2.19 bits per heavy atom. The zero-order valence-electron chi connectivity index (χ0n) is 11.2. The van der Waals surface area contributed by atoms with E-state index < -0.39 is 5.97 Å². The lowest BCUT2D eigenvalue weighted by Gasteiger charge is -2.07. The smallest absolute Gasteiger partial charge is 0.313 e. The van der Waals surface area contributed by atoms with Crippen molar-refractivity contribution >= 4 is 29.3 Å². The molecule has 0 aliphatic rings. The number of halogens is 1. The summed E-state index contributed by atoms with van der Waals surface area (Å²) in [5, 5.41) is 9.90. The van der Waals surface area contributed by atoms with Gasteiger partial charge in [0, 0.05) is 10.7 Å². The minimum Gasteiger partial charge on any atom is -0.486 e. The maximum atomic E-state index is 10.6. The van der Waals surface area contributed by atoms with Gasteiger partial charge in [-0.15, -0.1) is 0 Å². The summed E-state index contributed by atoms with van der Waals surface area (Å²) in [6.07, 6.45) is 0. The molecule has 0 spiro atoms. The number of nitrogens with zero attached hydrogens (tertiary/aromatic N) is 2. The molecular formula is C14H13ClN2O3S. The van der Waals surface area contributed by atoms with E-state index in [1.165, 1.54) is 0 Å². The van der Waals surface area contributed by atoms with E-state index in [4.69, 9.17) is 21.4 Å². The van der Waals surface area contributed by atoms with Crippen molar-refractivity contribution in [2.45, 2.75) is 18.6 Å². The van der Waals surface area contributed by atoms with Crippen LogP contribution in [0.15, 0.2) is 35.4 Å². The molecule has 0 saturated carbocycles. The van der Waals surface area contributed by atoms with Crippen LogP contribution in [0.5, 0.6) is 5.75 Å². The number of benzene rings is 1. The quantitative estimate of drug-likeness (QED) is 0.650. The van der Waals surface area contributed by atoms with E-state index in [9.17, 15) is 4.79 Å². The first-order valence-electron chi connectivity index (χ1n) is 6.10. The molecule has 0 unspecified atom stereocenters. The van der Waals surface area contributed by atoms with Crippen LogP contribution in [0.25, 0.3) is 0 Å². The number of rotatable bonds is 6. The molecule has 0 fully saturated rings. The van der Waals surface area contributed by atoms with Crippen molar-refractivity contribution in [2.75, 3.05) is 5.75 Å². The number of aromatic nitrogens is 2. The Balaban J connectivity index is 2.04. The second-order valence-corrected chi connectivity index (χ2v) is 5.62. The predicted molar refractivity (Wildman–Crippen MR) is 80.9 cm³/mol. The molecule has 2 aromatic rings. The van der Waals surface area contributed by atoms with Crippen molar-refractivity contribution in [1.82, 2.24) is 9.97 Å². The molecule has 0 atom stereocenters. The van der Waals surface area contributed by atoms with Gasteiger partial charge in [-0.3, -0.25) is 4.79 Å². The third-order valence-electron chi connectivity index (χ3n) is 2.38. The molecule has 0 radical (unpaired) electrons. The summed E-state index contributed by atoms with van der Waals surface area (Å²) in [4.78, 5) is 19.1. The first-order chi connectivity index (χ1) is 10.0. The molecule has 1 aromatic carbocycles. The standard InChI is InChI=1S/C14H13ClN2O3S/c1-9-5-13(21-8-14(18)19)17-12(16-9)7-20-11-4-2-3-10(15)6-11/h2-6H,7-8H2,1H3,(H,18,19). The average Bonchev–Trinajstić information content (AvgIpc) is 2.43. The average molecular weight is 325 g/mol. The van der Waals surface area contributed by atoms with Crippen LogP contribution in [0, 0.1) is 6.92 Å². The Morgan fingerprint density at radius 1 is 1.38 bits per heavy atom. The lowest BCUT2D eigenvalue weighted by Crippen LogP contribution is -2.05. The first kappa shape index (κ1) is 15.6. The van der Waals surface area contributed by atoms with E-state index in [0.717, 1.165) is 17.5 Å². The Labute approximate surface area is 131 Å². The minimum atomic E-state index is -0.881. The molecular weight excluding hydrogens is 312 g/mol. The molecule has 1 heterocycles. The summed E-state index contributed by atoms with van der Waals surface area (Å²) in [7, 11) is 0. The van der Waals surface area contributed by atoms with E-state index in [-0.39, 0.29) is 12.4 Å². The van der Waals surface area contributed by atoms with Crippen LogP contribution in [0.2, 0.25) is 5.02 Å². The third-order valence-corrected chi connectivity index (χ3v) is 3.52. The van der Waals surface area contributed by atoms with E-state index in [0.29, 0.717) is 21.6 Å². The normalized spacial score (nSPS) is 10.4. The Morgan fingerprint density at radius 3 is 2.90 bits per heavy atom. The van der Waals surface area contributed by atoms with Gasteiger partial charge >= 0.3 is 5.97 Å². The zero-order chi connectivity index (χ0) is 15.2. The summed E-state index contributed by atoms with van der Waals surface area (Å²) in [5.74, 6) is 0.216. The third kappa shape index (κ3) is 5.24. The molecule has 1 aromatic heterocycles. The second-order valence-electron chi connectivity index (χ2n) is 4.19. The lowest BCUT2D eigenvalue weighted by molar-refractivity contribution is -0.133. The lowest BCUT2D eigenvalue weighted by atomic mass is 10.3. The summed E-state index contributed by atoms with van der Waals surface area (Å²) >= 11 is 7.03. The van der Waals surface area contributed by atoms with Crippen LogP contribution in [-0.4, -0.2) is 26.8 Å². The van der Waals surface area contributed by atoms with Gasteiger partial charge in [-0.2, -0.15) is 0 Å². The Bertz CT molecular complexity index is 652. The minimum absolute atomic E-state index is 0.0367. The second kappa shape index (κ2) is 7.28. The predicted octanol–water partition coefficient (Wildman–Crippen LogP) is 3.19. The van der Waals surface area contributed by atoms with Crippen molar-refractivity contribution in [1.29, 1.82) is 0 Å². The van der Waals surface area contributed by atoms with Gasteiger partial charge in [-0.25, -0.2) is 9.97 Å². The van der Waals surface area contributed by atoms with E-state index in [1.54, 1.807) is 30.3 Å². The molecule has 2 rings (SSSR count). The number of thioether (sulfide) groups is 1. The van der Waals surface area contributed by atoms with Gasteiger partial charge in [0.2, 0.25) is 0 Å². The highest BCUT2D eigenvalue weighted by atomic mass is 35.5. The molecule has 21 heavy (non-hydrogen) atoms. The van der Waals surface area contributed by atoms with Crippen molar-refractivity contribution < 1.29 is 14.6 Å². The van der Waals surface area contributed by atoms with Gasteiger partial charge in [-0.05, 0) is 31.2 Å². The number of ether oxygens (including phenoxy) is 1. The summed E-state index contributed by atoms with van der Waals surface area (Å²) in [6.45, 7) is 2.03. The van der Waals surface area contributed by atoms with Crippen molar-refractivity contribution in [3.05, 3.63) is 46.9 Å². The molecule has 0 aliphatic heterocycles. The number of hydrogen-bond acceptors (Lipinski definition) is 5. The van der Waals surface area contributed by atoms with Gasteiger partial charge in [0.15, 0.2) is 5.82 Å². The van der Waals surface area contributed by atoms with E-state index >= 15 is 0 Å². The number of carbonyl (C=O) groups is 1. The molecule has 110 valence electrons. The number of carboxylic acid groups (broad SMARTS) is 1. The molecule has 7 heteroatoms. The molecule has 5 nitrogen and oxygen atoms in total. The van der Waals surface area contributed by atoms with Crippen molar-refractivity contribution in [3.8, 4) is 5.75 Å². The van der Waals surface area contributed by atoms with Crippen LogP contribution in [0.4, 0.5) is 0 Å². The highest BCUT2D eigenvalue weighted by molar-refractivity contribution is 7.99. The van der Waals surface area contributed by atoms with Gasteiger partial charge < -0.3 is 9.84 Å². The highest BCUT2D eigenvalue weighted by Gasteiger charge is 2.06. The number of aliphatic carboxylic acids is 1. The SMILES string of the molecule is Cc1cc(SCC(=O)O)nc(COc2cccc(Cl)c2)n1. The molecule has 0 aliphatic carbocycles. The van der Waals surface area contributed by atoms with Crippen LogP contribution in [0.3, 0.4) is 0 Å². The monoisotopic (exact) mass is 324 g/mol. The maximum Gasteiger partial charge on any atom is 0.313 e. The first-order valence-corrected chi connectivity index (χ1v) is 7.47. The Hall–Kier alpha value is -1.79. The molecule has 0 saturated heterocycles. The fourth-order valence-electron chi connectivity index (χ4n) is 1.58. The largest absolute Gasteiger partial charge is 0.486 e. The van der Waals surface area contributed by atoms with Crippen LogP contribution < -0.4 is 4.74 Å². The molecule has 0 bridgehead atoms. The zero-order valence-corrected chi connectivity index (χ0v) is 12.8. The molecule has 0 amide bonds. The number of aryl methyl sites for hydroxylation is 1.